The minimum atomic E-state index is -0.594. The van der Waals surface area contributed by atoms with Gasteiger partial charge in [-0.3, -0.25) is 18.3 Å². The molecule has 20 heteroatoms. The molecule has 4 aliphatic rings. The number of halogens is 2. The highest BCUT2D eigenvalue weighted by atomic mass is 19.1. The van der Waals surface area contributed by atoms with Crippen molar-refractivity contribution in [2.45, 2.75) is 43.7 Å². The summed E-state index contributed by atoms with van der Waals surface area (Å²) in [5, 5.41) is 18.2. The van der Waals surface area contributed by atoms with Gasteiger partial charge in [-0.05, 0) is 103 Å². The smallest absolute Gasteiger partial charge is 0.329 e. The summed E-state index contributed by atoms with van der Waals surface area (Å²) in [4.78, 5) is 70.2. The van der Waals surface area contributed by atoms with Crippen LogP contribution in [-0.4, -0.2) is 179 Å². The van der Waals surface area contributed by atoms with Gasteiger partial charge in [0.2, 0.25) is 0 Å². The molecule has 16 aromatic rings. The van der Waals surface area contributed by atoms with Gasteiger partial charge in [-0.15, -0.1) is 0 Å². The largest absolute Gasteiger partial charge is 0.495 e. The van der Waals surface area contributed by atoms with E-state index in [1.807, 2.05) is 233 Å². The third kappa shape index (κ3) is 16.8. The minimum Gasteiger partial charge on any atom is -0.495 e. The van der Waals surface area contributed by atoms with E-state index < -0.39 is 11.6 Å². The molecule has 119 heavy (non-hydrogen) atoms. The first kappa shape index (κ1) is 84.9. The van der Waals surface area contributed by atoms with Crippen LogP contribution in [-0.2, 0) is 6.61 Å². The molecule has 0 spiro atoms. The quantitative estimate of drug-likeness (QED) is 0.171. The first-order chi connectivity index (χ1) is 56.0. The van der Waals surface area contributed by atoms with Gasteiger partial charge in [-0.25, -0.2) is 28.0 Å². The lowest BCUT2D eigenvalue weighted by atomic mass is 10.2. The van der Waals surface area contributed by atoms with Crippen LogP contribution in [0, 0.1) is 11.6 Å². The van der Waals surface area contributed by atoms with Gasteiger partial charge in [-0.1, -0.05) is 225 Å². The summed E-state index contributed by atoms with van der Waals surface area (Å²) in [6.45, 7) is 11.0. The van der Waals surface area contributed by atoms with E-state index in [0.717, 1.165) is 168 Å². The first-order valence-corrected chi connectivity index (χ1v) is 38.9. The van der Waals surface area contributed by atoms with Crippen molar-refractivity contribution in [3.05, 3.63) is 308 Å². The summed E-state index contributed by atoms with van der Waals surface area (Å²) in [5.41, 5.74) is 12.4. The predicted octanol–water partition coefficient (Wildman–Crippen LogP) is 21.3. The van der Waals surface area contributed by atoms with Gasteiger partial charge < -0.3 is 49.0 Å². The van der Waals surface area contributed by atoms with Crippen molar-refractivity contribution >= 4 is 134 Å². The van der Waals surface area contributed by atoms with E-state index in [0.29, 0.717) is 58.0 Å². The van der Waals surface area contributed by atoms with E-state index in [9.17, 15) is 33.1 Å². The molecule has 612 valence electrons. The van der Waals surface area contributed by atoms with Gasteiger partial charge in [0.15, 0.2) is 0 Å². The van der Waals surface area contributed by atoms with Crippen molar-refractivity contribution < 1.29 is 37.8 Å². The van der Waals surface area contributed by atoms with Gasteiger partial charge >= 0.3 is 24.1 Å². The molecular formula is C99H106F2N12O6. The number of carbonyl (C=O) groups excluding carboxylic acids is 4. The summed E-state index contributed by atoms with van der Waals surface area (Å²) < 4.78 is 39.9. The Balaban J connectivity index is 0.000000144. The average molecular weight is 1600 g/mol. The fourth-order valence-electron chi connectivity index (χ4n) is 16.8. The maximum atomic E-state index is 13.5. The molecule has 4 aliphatic heterocycles. The van der Waals surface area contributed by atoms with Crippen LogP contribution in [0.25, 0.3) is 87.2 Å². The van der Waals surface area contributed by atoms with Crippen molar-refractivity contribution in [1.82, 2.24) is 37.9 Å². The Bertz CT molecular complexity index is 5990. The number of aromatic nitrogens is 4. The molecule has 1 N–H and O–H groups in total. The highest BCUT2D eigenvalue weighted by molar-refractivity contribution is 6.16. The second-order valence-corrected chi connectivity index (χ2v) is 29.0. The number of aliphatic hydroxyl groups is 1. The zero-order valence-corrected chi connectivity index (χ0v) is 63.3. The lowest BCUT2D eigenvalue weighted by Gasteiger charge is -2.36. The normalized spacial score (nSPS) is 14.1. The van der Waals surface area contributed by atoms with E-state index in [1.165, 1.54) is 17.8 Å². The predicted molar refractivity (Wildman–Crippen MR) is 488 cm³/mol. The third-order valence-corrected chi connectivity index (χ3v) is 22.5. The van der Waals surface area contributed by atoms with Crippen molar-refractivity contribution in [3.8, 4) is 5.75 Å². The summed E-state index contributed by atoms with van der Waals surface area (Å²) in [5.74, 6) is -0.317. The highest BCUT2D eigenvalue weighted by Crippen LogP contribution is 2.36. The molecule has 4 aromatic heterocycles. The van der Waals surface area contributed by atoms with Crippen molar-refractivity contribution in [3.63, 3.8) is 0 Å². The summed E-state index contributed by atoms with van der Waals surface area (Å²) in [6, 6.07) is 94.5. The van der Waals surface area contributed by atoms with E-state index in [1.54, 1.807) is 16.6 Å². The van der Waals surface area contributed by atoms with Crippen LogP contribution >= 0.6 is 0 Å². The maximum absolute atomic E-state index is 13.5. The van der Waals surface area contributed by atoms with Crippen LogP contribution in [0.3, 0.4) is 0 Å². The Morgan fingerprint density at radius 1 is 0.277 bits per heavy atom. The molecule has 0 aliphatic carbocycles. The topological polar surface area (TPSA) is 143 Å². The number of ether oxygens (including phenoxy) is 1. The molecule has 18 nitrogen and oxygen atoms in total. The molecule has 20 rings (SSSR count). The van der Waals surface area contributed by atoms with Crippen LogP contribution < -0.4 is 24.3 Å². The zero-order valence-electron chi connectivity index (χ0n) is 63.3. The molecule has 0 atom stereocenters. The minimum absolute atomic E-state index is 0. The molecular weight excluding hydrogens is 1490 g/mol. The third-order valence-electron chi connectivity index (χ3n) is 22.5. The summed E-state index contributed by atoms with van der Waals surface area (Å²) >= 11 is 0. The number of aliphatic hydroxyl groups excluding tert-OH is 1. The number of benzene rings is 12. The molecule has 4 saturated heterocycles. The molecule has 0 bridgehead atoms. The standard InChI is InChI=1S/2C24H23N3O2.C23H19F2N3O.C23H21N3O.5CH4/c1-29-23-13-7-6-12-22(23)25-14-16-26(17-15-25)24(28)27-20-10-4-2-8-18(20)19-9-3-5-11-21(19)27;28-17-18-6-5-7-19(16-18)25-12-14-26(15-13-25)24(29)27-22-10-3-1-8-20(22)21-9-2-4-11-23(21)27;24-16-13-17(25)15-18(14-16)26-9-11-27(12-10-26)23(29)28-21-7-3-1-5-19(21)20-6-2-4-8-22(20)28;27-23(25-16-14-24(15-17-25)18-8-2-1-3-9-18)26-21-12-6-4-10-19(21)20-11-5-7-13-22(20)26;;;;;/h2-13H,14-17H2,1H3;1-11,16,28H,12-15,17H2;1-8,13-15H,9-12H2;1-13H,14-17H2;5*1H4. The molecule has 4 fully saturated rings. The van der Waals surface area contributed by atoms with Crippen molar-refractivity contribution in [2.75, 3.05) is 131 Å². The monoisotopic (exact) mass is 1600 g/mol. The number of carbonyl (C=O) groups is 4. The van der Waals surface area contributed by atoms with Gasteiger partial charge in [0.25, 0.3) is 0 Å². The number of hydrogen-bond acceptors (Lipinski definition) is 10. The maximum Gasteiger partial charge on any atom is 0.329 e. The number of anilines is 4. The number of amides is 4. The van der Waals surface area contributed by atoms with Crippen LogP contribution in [0.2, 0.25) is 0 Å². The van der Waals surface area contributed by atoms with E-state index >= 15 is 0 Å². The fourth-order valence-corrected chi connectivity index (χ4v) is 16.8. The molecule has 4 amide bonds. The lowest BCUT2D eigenvalue weighted by molar-refractivity contribution is 0.197. The second-order valence-electron chi connectivity index (χ2n) is 29.0. The number of methoxy groups -OCH3 is 1. The lowest BCUT2D eigenvalue weighted by Crippen LogP contribution is -2.50. The van der Waals surface area contributed by atoms with Gasteiger partial charge in [0, 0.05) is 171 Å². The number of hydrogen-bond donors (Lipinski definition) is 1. The second kappa shape index (κ2) is 37.6. The average Bonchev–Trinajstić information content (AvgIpc) is 1.62. The number of fused-ring (bicyclic) bond motifs is 12. The van der Waals surface area contributed by atoms with Crippen molar-refractivity contribution in [2.24, 2.45) is 0 Å². The Morgan fingerprint density at radius 3 is 0.832 bits per heavy atom. The number of para-hydroxylation sites is 11. The molecule has 12 aromatic carbocycles. The SMILES string of the molecule is C.C.C.C.C.COc1ccccc1N1CCN(C(=O)n2c3ccccc3c3ccccc32)CC1.O=C(N1CCN(c2cc(F)cc(F)c2)CC1)n1c2ccccc2c2ccccc21.O=C(N1CCN(c2cccc(CO)c2)CC1)n1c2ccccc2c2ccccc21.O=C(N1CCN(c2ccccc2)CC1)n1c2ccccc2c2ccccc21. The Labute approximate surface area is 695 Å². The Hall–Kier alpha value is -13.5. The molecule has 8 heterocycles. The van der Waals surface area contributed by atoms with Crippen LogP contribution in [0.5, 0.6) is 5.75 Å². The Morgan fingerprint density at radius 2 is 0.529 bits per heavy atom. The fraction of sp³-hybridized carbons (Fsp3) is 0.232. The van der Waals surface area contributed by atoms with E-state index in [2.05, 4.69) is 87.5 Å². The zero-order chi connectivity index (χ0) is 77.8. The van der Waals surface area contributed by atoms with Gasteiger partial charge in [-0.2, -0.15) is 0 Å². The van der Waals surface area contributed by atoms with Gasteiger partial charge in [0.1, 0.15) is 17.4 Å². The van der Waals surface area contributed by atoms with E-state index in [4.69, 9.17) is 4.74 Å². The summed E-state index contributed by atoms with van der Waals surface area (Å²) in [7, 11) is 1.70. The molecule has 0 radical (unpaired) electrons. The number of nitrogens with zero attached hydrogens (tertiary/aromatic N) is 12. The van der Waals surface area contributed by atoms with E-state index in [-0.39, 0.29) is 67.9 Å². The Kier molecular flexibility index (Phi) is 26.9. The molecule has 0 unspecified atom stereocenters. The van der Waals surface area contributed by atoms with Crippen LogP contribution in [0.1, 0.15) is 42.7 Å². The first-order valence-electron chi connectivity index (χ1n) is 38.9. The highest BCUT2D eigenvalue weighted by Gasteiger charge is 2.31. The molecule has 0 saturated carbocycles. The number of rotatable bonds is 6. The summed E-state index contributed by atoms with van der Waals surface area (Å²) in [6.07, 6.45) is 0. The van der Waals surface area contributed by atoms with Crippen LogP contribution in [0.15, 0.2) is 291 Å². The van der Waals surface area contributed by atoms with Crippen LogP contribution in [0.4, 0.5) is 50.7 Å². The number of piperazine rings is 4. The van der Waals surface area contributed by atoms with Crippen molar-refractivity contribution in [1.29, 1.82) is 0 Å². The van der Waals surface area contributed by atoms with Gasteiger partial charge in [0.05, 0.1) is 63.5 Å².